The summed E-state index contributed by atoms with van der Waals surface area (Å²) in [5.74, 6) is -0.0348. The highest BCUT2D eigenvalue weighted by Gasteiger charge is 2.32. The van der Waals surface area contributed by atoms with Gasteiger partial charge in [0.05, 0.1) is 17.3 Å². The molecule has 0 N–H and O–H groups in total. The standard InChI is InChI=1S/C22H23N3O7S3/c1-30-19(26)13-25-15-11-16-17(32-9-8-31-16)12-18(15)34-22(25)23-21(27)14-4-6-24(7-5-14)35(28,29)20-3-2-10-33-20/h2-3,10-12,14H,4-9,13H2,1H3. The van der Waals surface area contributed by atoms with Crippen LogP contribution in [0.4, 0.5) is 0 Å². The van der Waals surface area contributed by atoms with E-state index in [9.17, 15) is 18.0 Å². The minimum absolute atomic E-state index is 0.111. The number of piperidine rings is 1. The molecule has 186 valence electrons. The Balaban J connectivity index is 1.41. The lowest BCUT2D eigenvalue weighted by Gasteiger charge is -2.29. The summed E-state index contributed by atoms with van der Waals surface area (Å²) >= 11 is 2.45. The number of methoxy groups -OCH3 is 1. The number of carbonyl (C=O) groups excluding carboxylic acids is 2. The molecule has 2 aromatic heterocycles. The van der Waals surface area contributed by atoms with E-state index in [0.717, 1.165) is 4.70 Å². The lowest BCUT2D eigenvalue weighted by Crippen LogP contribution is -2.40. The molecule has 1 aromatic carbocycles. The molecule has 0 saturated carbocycles. The average Bonchev–Trinajstić information content (AvgIpc) is 3.52. The van der Waals surface area contributed by atoms with Gasteiger partial charge in [-0.3, -0.25) is 9.59 Å². The summed E-state index contributed by atoms with van der Waals surface area (Å²) in [7, 11) is -2.24. The number of carbonyl (C=O) groups is 2. The van der Waals surface area contributed by atoms with Crippen LogP contribution in [0.3, 0.4) is 0 Å². The zero-order valence-corrected chi connectivity index (χ0v) is 21.3. The molecule has 1 amide bonds. The van der Waals surface area contributed by atoms with Gasteiger partial charge in [0.25, 0.3) is 15.9 Å². The lowest BCUT2D eigenvalue weighted by atomic mass is 9.98. The van der Waals surface area contributed by atoms with Crippen LogP contribution >= 0.6 is 22.7 Å². The average molecular weight is 538 g/mol. The van der Waals surface area contributed by atoms with Gasteiger partial charge < -0.3 is 18.8 Å². The van der Waals surface area contributed by atoms with E-state index in [1.165, 1.54) is 34.1 Å². The van der Waals surface area contributed by atoms with Crippen LogP contribution in [0.25, 0.3) is 10.2 Å². The minimum atomic E-state index is -3.54. The normalized spacial score (nSPS) is 17.6. The zero-order chi connectivity index (χ0) is 24.6. The molecule has 2 aliphatic rings. The smallest absolute Gasteiger partial charge is 0.325 e. The first-order chi connectivity index (χ1) is 16.9. The van der Waals surface area contributed by atoms with E-state index in [2.05, 4.69) is 4.99 Å². The number of thiazole rings is 1. The molecule has 10 nitrogen and oxygen atoms in total. The molecule has 0 atom stereocenters. The number of amides is 1. The molecule has 0 unspecified atom stereocenters. The summed E-state index contributed by atoms with van der Waals surface area (Å²) in [5, 5.41) is 1.73. The SMILES string of the molecule is COC(=O)Cn1c(=NC(=O)C2CCN(S(=O)(=O)c3cccs3)CC2)sc2cc3c(cc21)OCCO3. The van der Waals surface area contributed by atoms with Crippen molar-refractivity contribution in [2.75, 3.05) is 33.4 Å². The van der Waals surface area contributed by atoms with Crippen molar-refractivity contribution >= 4 is 54.8 Å². The van der Waals surface area contributed by atoms with Gasteiger partial charge in [0.2, 0.25) is 0 Å². The van der Waals surface area contributed by atoms with Crippen LogP contribution in [-0.4, -0.2) is 62.6 Å². The maximum Gasteiger partial charge on any atom is 0.325 e. The highest BCUT2D eigenvalue weighted by atomic mass is 32.2. The van der Waals surface area contributed by atoms with Gasteiger partial charge >= 0.3 is 5.97 Å². The fourth-order valence-electron chi connectivity index (χ4n) is 4.10. The van der Waals surface area contributed by atoms with Crippen molar-refractivity contribution in [2.45, 2.75) is 23.6 Å². The van der Waals surface area contributed by atoms with Crippen LogP contribution in [-0.2, 0) is 30.9 Å². The number of benzene rings is 1. The van der Waals surface area contributed by atoms with E-state index in [1.807, 2.05) is 6.07 Å². The number of hydrogen-bond acceptors (Lipinski definition) is 9. The van der Waals surface area contributed by atoms with Crippen LogP contribution in [0.15, 0.2) is 38.8 Å². The van der Waals surface area contributed by atoms with E-state index in [0.29, 0.717) is 52.1 Å². The molecule has 2 aliphatic heterocycles. The second-order valence-corrected chi connectivity index (χ2v) is 12.2. The third kappa shape index (κ3) is 4.73. The number of hydrogen-bond donors (Lipinski definition) is 0. The van der Waals surface area contributed by atoms with Crippen molar-refractivity contribution in [3.63, 3.8) is 0 Å². The van der Waals surface area contributed by atoms with Crippen molar-refractivity contribution in [1.82, 2.24) is 8.87 Å². The molecule has 35 heavy (non-hydrogen) atoms. The van der Waals surface area contributed by atoms with Gasteiger partial charge in [-0.2, -0.15) is 9.30 Å². The number of ether oxygens (including phenoxy) is 3. The van der Waals surface area contributed by atoms with Gasteiger partial charge in [0.15, 0.2) is 16.3 Å². The molecule has 0 spiro atoms. The summed E-state index contributed by atoms with van der Waals surface area (Å²) in [4.78, 5) is 29.9. The Hall–Kier alpha value is -2.74. The van der Waals surface area contributed by atoms with Crippen LogP contribution in [0.1, 0.15) is 12.8 Å². The zero-order valence-electron chi connectivity index (χ0n) is 18.8. The number of fused-ring (bicyclic) bond motifs is 2. The number of sulfonamides is 1. The molecule has 5 rings (SSSR count). The van der Waals surface area contributed by atoms with Crippen LogP contribution < -0.4 is 14.3 Å². The Morgan fingerprint density at radius 3 is 2.54 bits per heavy atom. The predicted molar refractivity (Wildman–Crippen MR) is 129 cm³/mol. The number of rotatable bonds is 5. The van der Waals surface area contributed by atoms with Crippen LogP contribution in [0, 0.1) is 5.92 Å². The molecule has 3 aromatic rings. The number of esters is 1. The first-order valence-electron chi connectivity index (χ1n) is 11.0. The molecular weight excluding hydrogens is 514 g/mol. The molecule has 1 fully saturated rings. The number of aromatic nitrogens is 1. The molecule has 1 saturated heterocycles. The van der Waals surface area contributed by atoms with Gasteiger partial charge in [-0.1, -0.05) is 17.4 Å². The fourth-order valence-corrected chi connectivity index (χ4v) is 7.76. The summed E-state index contributed by atoms with van der Waals surface area (Å²) < 4.78 is 45.8. The Kier molecular flexibility index (Phi) is 6.66. The molecule has 4 heterocycles. The van der Waals surface area contributed by atoms with E-state index >= 15 is 0 Å². The highest BCUT2D eigenvalue weighted by Crippen LogP contribution is 2.35. The van der Waals surface area contributed by atoms with E-state index in [4.69, 9.17) is 14.2 Å². The Labute approximate surface area is 209 Å². The minimum Gasteiger partial charge on any atom is -0.486 e. The molecular formula is C22H23N3O7S3. The number of thiophene rings is 1. The van der Waals surface area contributed by atoms with Crippen molar-refractivity contribution in [3.8, 4) is 11.5 Å². The predicted octanol–water partition coefficient (Wildman–Crippen LogP) is 2.24. The largest absolute Gasteiger partial charge is 0.486 e. The Morgan fingerprint density at radius 2 is 1.89 bits per heavy atom. The maximum atomic E-state index is 13.1. The summed E-state index contributed by atoms with van der Waals surface area (Å²) in [6.07, 6.45) is 0.760. The monoisotopic (exact) mass is 537 g/mol. The van der Waals surface area contributed by atoms with E-state index in [1.54, 1.807) is 28.1 Å². The van der Waals surface area contributed by atoms with Gasteiger partial charge in [-0.05, 0) is 24.3 Å². The quantitative estimate of drug-likeness (QED) is 0.458. The van der Waals surface area contributed by atoms with Crippen molar-refractivity contribution < 1.29 is 32.2 Å². The first kappa shape index (κ1) is 24.0. The van der Waals surface area contributed by atoms with Gasteiger partial charge in [0.1, 0.15) is 24.0 Å². The maximum absolute atomic E-state index is 13.1. The highest BCUT2D eigenvalue weighted by molar-refractivity contribution is 7.91. The van der Waals surface area contributed by atoms with Gasteiger partial charge in [-0.15, -0.1) is 11.3 Å². The summed E-state index contributed by atoms with van der Waals surface area (Å²) in [6, 6.07) is 6.89. The van der Waals surface area contributed by atoms with E-state index < -0.39 is 21.9 Å². The molecule has 13 heteroatoms. The van der Waals surface area contributed by atoms with Crippen molar-refractivity contribution in [2.24, 2.45) is 10.9 Å². The second-order valence-electron chi connectivity index (χ2n) is 8.07. The second kappa shape index (κ2) is 9.72. The first-order valence-corrected chi connectivity index (χ1v) is 14.1. The Morgan fingerprint density at radius 1 is 1.17 bits per heavy atom. The molecule has 0 bridgehead atoms. The van der Waals surface area contributed by atoms with Crippen molar-refractivity contribution in [1.29, 1.82) is 0 Å². The van der Waals surface area contributed by atoms with Crippen LogP contribution in [0.5, 0.6) is 11.5 Å². The van der Waals surface area contributed by atoms with Gasteiger partial charge in [0, 0.05) is 31.1 Å². The van der Waals surface area contributed by atoms with Crippen molar-refractivity contribution in [3.05, 3.63) is 34.4 Å². The summed E-state index contributed by atoms with van der Waals surface area (Å²) in [5.41, 5.74) is 0.688. The lowest BCUT2D eigenvalue weighted by molar-refractivity contribution is -0.141. The van der Waals surface area contributed by atoms with Gasteiger partial charge in [-0.25, -0.2) is 8.42 Å². The third-order valence-corrected chi connectivity index (χ3v) is 10.3. The topological polar surface area (TPSA) is 116 Å². The molecule has 0 aliphatic carbocycles. The number of nitrogens with zero attached hydrogens (tertiary/aromatic N) is 3. The summed E-state index contributed by atoms with van der Waals surface area (Å²) in [6.45, 7) is 1.27. The van der Waals surface area contributed by atoms with Crippen LogP contribution in [0.2, 0.25) is 0 Å². The Bertz CT molecular complexity index is 1430. The third-order valence-electron chi connectivity index (χ3n) is 5.96. The van der Waals surface area contributed by atoms with E-state index in [-0.39, 0.29) is 25.5 Å². The molecule has 0 radical (unpaired) electrons. The fraction of sp³-hybridized carbons (Fsp3) is 0.409.